The fourth-order valence-electron chi connectivity index (χ4n) is 9.44. The van der Waals surface area contributed by atoms with E-state index in [1.165, 1.54) is 153 Å². The highest BCUT2D eigenvalue weighted by Crippen LogP contribution is 2.28. The van der Waals surface area contributed by atoms with Gasteiger partial charge in [0.05, 0.1) is 35.5 Å². The highest BCUT2D eigenvalue weighted by Gasteiger charge is 2.17. The van der Waals surface area contributed by atoms with Gasteiger partial charge in [0.15, 0.2) is 0 Å². The van der Waals surface area contributed by atoms with E-state index in [0.29, 0.717) is 29.7 Å². The monoisotopic (exact) mass is 1060 g/mol. The summed E-state index contributed by atoms with van der Waals surface area (Å²) < 4.78 is 34.7. The summed E-state index contributed by atoms with van der Waals surface area (Å²) in [7, 11) is 0. The largest absolute Gasteiger partial charge is 0.493 e. The van der Waals surface area contributed by atoms with Crippen molar-refractivity contribution in [2.45, 2.75) is 182 Å². The number of carbonyl (C=O) groups is 4. The van der Waals surface area contributed by atoms with Gasteiger partial charge in [0.25, 0.3) is 0 Å². The van der Waals surface area contributed by atoms with Crippen molar-refractivity contribution in [2.75, 3.05) is 13.2 Å². The summed E-state index contributed by atoms with van der Waals surface area (Å²) in [6, 6.07) is 33.2. The van der Waals surface area contributed by atoms with Crippen molar-refractivity contribution in [1.29, 1.82) is 0 Å². The van der Waals surface area contributed by atoms with Crippen LogP contribution in [0.3, 0.4) is 0 Å². The molecule has 0 atom stereocenters. The van der Waals surface area contributed by atoms with Gasteiger partial charge in [-0.05, 0) is 158 Å². The molecule has 78 heavy (non-hydrogen) atoms. The van der Waals surface area contributed by atoms with Crippen LogP contribution < -0.4 is 28.4 Å². The number of ether oxygens (including phenoxy) is 6. The average Bonchev–Trinajstić information content (AvgIpc) is 3.45. The Bertz CT molecular complexity index is 2590. The molecule has 0 aliphatic heterocycles. The molecular weight excluding hydrogens is 977 g/mol. The Labute approximate surface area is 464 Å². The predicted molar refractivity (Wildman–Crippen MR) is 312 cm³/mol. The molecule has 0 amide bonds. The molecule has 0 radical (unpaired) electrons. The van der Waals surface area contributed by atoms with Gasteiger partial charge in [0.2, 0.25) is 0 Å². The number of fused-ring (bicyclic) bond motifs is 1. The zero-order valence-electron chi connectivity index (χ0n) is 47.0. The van der Waals surface area contributed by atoms with Crippen LogP contribution in [-0.2, 0) is 0 Å². The van der Waals surface area contributed by atoms with Crippen LogP contribution in [0.5, 0.6) is 34.5 Å². The third kappa shape index (κ3) is 21.1. The van der Waals surface area contributed by atoms with Crippen LogP contribution in [0.4, 0.5) is 0 Å². The van der Waals surface area contributed by atoms with Crippen molar-refractivity contribution in [1.82, 2.24) is 0 Å². The van der Waals surface area contributed by atoms with Gasteiger partial charge in [-0.25, -0.2) is 19.2 Å². The SMILES string of the molecule is CCCCCCCCCCCCCCOc1ccc(C(=O)Oc2ccc(C(=O)Oc3ccc4ccc(OC(=O)c5ccc(OC(=O)c6ccc(OCCCCCCCCCCCCCC)c(C)c6)cc5)cc4c3)cc2)cc1C. The zero-order chi connectivity index (χ0) is 55.2. The normalized spacial score (nSPS) is 11.1. The Morgan fingerprint density at radius 2 is 0.577 bits per heavy atom. The first-order chi connectivity index (χ1) is 38.1. The van der Waals surface area contributed by atoms with Gasteiger partial charge in [-0.3, -0.25) is 0 Å². The van der Waals surface area contributed by atoms with E-state index in [2.05, 4.69) is 13.8 Å². The minimum atomic E-state index is -0.600. The summed E-state index contributed by atoms with van der Waals surface area (Å²) in [5.74, 6) is 0.425. The van der Waals surface area contributed by atoms with Crippen LogP contribution >= 0.6 is 0 Å². The van der Waals surface area contributed by atoms with E-state index in [9.17, 15) is 19.2 Å². The number of hydrogen-bond acceptors (Lipinski definition) is 10. The van der Waals surface area contributed by atoms with Gasteiger partial charge < -0.3 is 28.4 Å². The molecule has 0 heterocycles. The maximum atomic E-state index is 13.2. The molecule has 0 saturated heterocycles. The lowest BCUT2D eigenvalue weighted by atomic mass is 10.1. The number of benzene rings is 6. The second-order valence-corrected chi connectivity index (χ2v) is 20.7. The van der Waals surface area contributed by atoms with Gasteiger partial charge >= 0.3 is 23.9 Å². The minimum Gasteiger partial charge on any atom is -0.493 e. The van der Waals surface area contributed by atoms with Crippen molar-refractivity contribution >= 4 is 34.6 Å². The van der Waals surface area contributed by atoms with Crippen LogP contribution in [-0.4, -0.2) is 37.1 Å². The highest BCUT2D eigenvalue weighted by atomic mass is 16.5. The Morgan fingerprint density at radius 1 is 0.295 bits per heavy atom. The Hall–Kier alpha value is -6.94. The third-order valence-electron chi connectivity index (χ3n) is 14.1. The number of unbranched alkanes of at least 4 members (excludes halogenated alkanes) is 22. The molecule has 0 aliphatic rings. The predicted octanol–water partition coefficient (Wildman–Crippen LogP) is 18.5. The summed E-state index contributed by atoms with van der Waals surface area (Å²) in [5.41, 5.74) is 3.03. The summed E-state index contributed by atoms with van der Waals surface area (Å²) in [6.07, 6.45) is 30.9. The van der Waals surface area contributed by atoms with Crippen LogP contribution in [0.15, 0.2) is 121 Å². The molecule has 0 saturated carbocycles. The average molecular weight is 1060 g/mol. The van der Waals surface area contributed by atoms with Crippen molar-refractivity contribution in [3.8, 4) is 34.5 Å². The topological polar surface area (TPSA) is 124 Å². The lowest BCUT2D eigenvalue weighted by Gasteiger charge is -2.11. The molecule has 0 N–H and O–H groups in total. The van der Waals surface area contributed by atoms with E-state index in [-0.39, 0.29) is 34.1 Å². The fourth-order valence-corrected chi connectivity index (χ4v) is 9.44. The molecule has 0 aliphatic carbocycles. The molecule has 10 nitrogen and oxygen atoms in total. The zero-order valence-corrected chi connectivity index (χ0v) is 47.0. The van der Waals surface area contributed by atoms with E-state index < -0.39 is 23.9 Å². The molecule has 0 aromatic heterocycles. The number of hydrogen-bond donors (Lipinski definition) is 0. The molecular formula is C68H84O10. The highest BCUT2D eigenvalue weighted by molar-refractivity contribution is 5.95. The lowest BCUT2D eigenvalue weighted by Crippen LogP contribution is -2.11. The maximum Gasteiger partial charge on any atom is 0.343 e. The van der Waals surface area contributed by atoms with Crippen molar-refractivity contribution in [2.24, 2.45) is 0 Å². The molecule has 416 valence electrons. The van der Waals surface area contributed by atoms with E-state index in [1.54, 1.807) is 84.9 Å². The first-order valence-electron chi connectivity index (χ1n) is 29.2. The second kappa shape index (κ2) is 34.1. The molecule has 0 spiro atoms. The Kier molecular flexibility index (Phi) is 26.3. The fraction of sp³-hybridized carbons (Fsp3) is 0.441. The van der Waals surface area contributed by atoms with E-state index in [1.807, 2.05) is 26.0 Å². The Morgan fingerprint density at radius 3 is 0.910 bits per heavy atom. The van der Waals surface area contributed by atoms with Crippen LogP contribution in [0.1, 0.15) is 221 Å². The quantitative estimate of drug-likeness (QED) is 0.0213. The van der Waals surface area contributed by atoms with Crippen LogP contribution in [0.25, 0.3) is 10.8 Å². The first-order valence-corrected chi connectivity index (χ1v) is 29.2. The summed E-state index contributed by atoms with van der Waals surface area (Å²) in [5, 5.41) is 1.52. The van der Waals surface area contributed by atoms with Gasteiger partial charge in [-0.1, -0.05) is 167 Å². The van der Waals surface area contributed by atoms with Gasteiger partial charge in [-0.15, -0.1) is 0 Å². The molecule has 0 unspecified atom stereocenters. The lowest BCUT2D eigenvalue weighted by molar-refractivity contribution is 0.0720. The second-order valence-electron chi connectivity index (χ2n) is 20.7. The molecule has 0 fully saturated rings. The number of rotatable bonds is 36. The molecule has 6 aromatic rings. The Balaban J connectivity index is 0.884. The van der Waals surface area contributed by atoms with Crippen LogP contribution in [0, 0.1) is 13.8 Å². The van der Waals surface area contributed by atoms with E-state index >= 15 is 0 Å². The first kappa shape index (κ1) is 60.3. The maximum absolute atomic E-state index is 13.2. The minimum absolute atomic E-state index is 0.262. The van der Waals surface area contributed by atoms with Gasteiger partial charge in [0, 0.05) is 0 Å². The summed E-state index contributed by atoms with van der Waals surface area (Å²) in [6.45, 7) is 9.64. The summed E-state index contributed by atoms with van der Waals surface area (Å²) in [4.78, 5) is 52.5. The van der Waals surface area contributed by atoms with Crippen molar-refractivity contribution < 1.29 is 47.6 Å². The molecule has 0 bridgehead atoms. The summed E-state index contributed by atoms with van der Waals surface area (Å²) >= 11 is 0. The van der Waals surface area contributed by atoms with Gasteiger partial charge in [0.1, 0.15) is 34.5 Å². The van der Waals surface area contributed by atoms with Gasteiger partial charge in [-0.2, -0.15) is 0 Å². The van der Waals surface area contributed by atoms with E-state index in [4.69, 9.17) is 28.4 Å². The standard InChI is InChI=1S/C68H84O10/c1-5-7-9-11-13-15-17-19-21-23-25-27-45-73-63-43-35-56(47-51(63)3)67(71)75-59-37-31-54(32-38-59)65(69)77-61-41-29-53-30-42-62(50-58(53)49-61)78-66(70)55-33-39-60(40-34-55)76-68(72)57-36-44-64(52(4)48-57)74-46-28-26-24-22-20-18-16-14-12-10-8-6-2/h29-44,47-50H,5-28,45-46H2,1-4H3. The molecule has 10 heteroatoms. The molecule has 6 aromatic carbocycles. The molecule has 6 rings (SSSR count). The number of carbonyl (C=O) groups excluding carboxylic acids is 4. The van der Waals surface area contributed by atoms with E-state index in [0.717, 1.165) is 53.7 Å². The third-order valence-corrected chi connectivity index (χ3v) is 14.1. The number of esters is 4. The van der Waals surface area contributed by atoms with Crippen LogP contribution in [0.2, 0.25) is 0 Å². The number of aryl methyl sites for hydroxylation is 2. The smallest absolute Gasteiger partial charge is 0.343 e. The van der Waals surface area contributed by atoms with Crippen molar-refractivity contribution in [3.05, 3.63) is 155 Å². The van der Waals surface area contributed by atoms with Crippen molar-refractivity contribution in [3.63, 3.8) is 0 Å².